The van der Waals surface area contributed by atoms with E-state index in [-0.39, 0.29) is 24.1 Å². The van der Waals surface area contributed by atoms with Gasteiger partial charge in [-0.15, -0.1) is 0 Å². The fraction of sp³-hybridized carbons (Fsp3) is 0.571. The average molecular weight is 358 g/mol. The Balaban J connectivity index is 1.91. The number of nitrogens with zero attached hydrogens (tertiary/aromatic N) is 2. The summed E-state index contributed by atoms with van der Waals surface area (Å²) in [7, 11) is 3.51. The van der Waals surface area contributed by atoms with Gasteiger partial charge in [-0.3, -0.25) is 9.59 Å². The lowest BCUT2D eigenvalue weighted by molar-refractivity contribution is -0.133. The van der Waals surface area contributed by atoms with E-state index in [4.69, 9.17) is 4.42 Å². The van der Waals surface area contributed by atoms with Crippen molar-refractivity contribution in [1.82, 2.24) is 15.1 Å². The molecule has 21 heavy (non-hydrogen) atoms. The number of piperidine rings is 1. The Hall–Kier alpha value is -1.34. The number of amides is 2. The SMILES string of the molecule is CNC1CCCN(C(=O)CN(C)C(=O)c2ccc(Br)o2)C1. The molecule has 0 bridgehead atoms. The number of hydrogen-bond acceptors (Lipinski definition) is 4. The highest BCUT2D eigenvalue weighted by Gasteiger charge is 2.25. The highest BCUT2D eigenvalue weighted by atomic mass is 79.9. The minimum atomic E-state index is -0.295. The number of rotatable bonds is 4. The third kappa shape index (κ3) is 4.07. The minimum Gasteiger partial charge on any atom is -0.444 e. The van der Waals surface area contributed by atoms with Gasteiger partial charge in [0.1, 0.15) is 0 Å². The Morgan fingerprint density at radius 2 is 2.29 bits per heavy atom. The van der Waals surface area contributed by atoms with Crippen LogP contribution in [0.1, 0.15) is 23.4 Å². The van der Waals surface area contributed by atoms with Crippen molar-refractivity contribution >= 4 is 27.7 Å². The van der Waals surface area contributed by atoms with Crippen molar-refractivity contribution in [1.29, 1.82) is 0 Å². The summed E-state index contributed by atoms with van der Waals surface area (Å²) in [6.07, 6.45) is 2.06. The molecule has 0 spiro atoms. The standard InChI is InChI=1S/C14H20BrN3O3/c1-16-10-4-3-7-18(8-10)13(19)9-17(2)14(20)11-5-6-12(15)21-11/h5-6,10,16H,3-4,7-9H2,1-2H3. The second kappa shape index (κ2) is 7.09. The summed E-state index contributed by atoms with van der Waals surface area (Å²) in [5, 5.41) is 3.20. The maximum absolute atomic E-state index is 12.3. The smallest absolute Gasteiger partial charge is 0.289 e. The zero-order valence-electron chi connectivity index (χ0n) is 12.3. The highest BCUT2D eigenvalue weighted by Crippen LogP contribution is 2.16. The van der Waals surface area contributed by atoms with Crippen molar-refractivity contribution in [2.24, 2.45) is 0 Å². The molecule has 1 atom stereocenters. The van der Waals surface area contributed by atoms with E-state index < -0.39 is 0 Å². The maximum Gasteiger partial charge on any atom is 0.289 e. The summed E-state index contributed by atoms with van der Waals surface area (Å²) in [5.74, 6) is -0.100. The van der Waals surface area contributed by atoms with Gasteiger partial charge < -0.3 is 19.5 Å². The molecule has 0 saturated carbocycles. The largest absolute Gasteiger partial charge is 0.444 e. The van der Waals surface area contributed by atoms with Gasteiger partial charge in [0.15, 0.2) is 10.4 Å². The Morgan fingerprint density at radius 1 is 1.52 bits per heavy atom. The van der Waals surface area contributed by atoms with Crippen molar-refractivity contribution in [3.05, 3.63) is 22.6 Å². The van der Waals surface area contributed by atoms with E-state index in [0.717, 1.165) is 19.4 Å². The van der Waals surface area contributed by atoms with Crippen LogP contribution >= 0.6 is 15.9 Å². The van der Waals surface area contributed by atoms with E-state index in [1.807, 2.05) is 11.9 Å². The van der Waals surface area contributed by atoms with Crippen molar-refractivity contribution in [2.75, 3.05) is 33.7 Å². The molecular formula is C14H20BrN3O3. The van der Waals surface area contributed by atoms with Gasteiger partial charge in [0.05, 0.1) is 6.54 Å². The fourth-order valence-corrected chi connectivity index (χ4v) is 2.74. The van der Waals surface area contributed by atoms with E-state index >= 15 is 0 Å². The van der Waals surface area contributed by atoms with Crippen LogP contribution in [0.3, 0.4) is 0 Å². The molecule has 2 rings (SSSR count). The molecule has 1 aliphatic rings. The number of carbonyl (C=O) groups excluding carboxylic acids is 2. The molecule has 1 aliphatic heterocycles. The van der Waals surface area contributed by atoms with Crippen LogP contribution in [0.2, 0.25) is 0 Å². The first kappa shape index (κ1) is 16.0. The number of furan rings is 1. The average Bonchev–Trinajstić information content (AvgIpc) is 2.92. The molecule has 1 N–H and O–H groups in total. The van der Waals surface area contributed by atoms with Gasteiger partial charge in [0.25, 0.3) is 5.91 Å². The van der Waals surface area contributed by atoms with Crippen LogP contribution in [0.15, 0.2) is 21.2 Å². The molecule has 0 aliphatic carbocycles. The van der Waals surface area contributed by atoms with Crippen molar-refractivity contribution in [3.8, 4) is 0 Å². The topological polar surface area (TPSA) is 65.8 Å². The number of likely N-dealkylation sites (N-methyl/N-ethyl adjacent to an activating group) is 2. The summed E-state index contributed by atoms with van der Waals surface area (Å²) < 4.78 is 5.72. The van der Waals surface area contributed by atoms with Crippen LogP contribution in [-0.4, -0.2) is 61.4 Å². The normalized spacial score (nSPS) is 18.6. The van der Waals surface area contributed by atoms with E-state index in [2.05, 4.69) is 21.2 Å². The minimum absolute atomic E-state index is 0.0311. The Kier molecular flexibility index (Phi) is 5.41. The fourth-order valence-electron chi connectivity index (χ4n) is 2.43. The lowest BCUT2D eigenvalue weighted by atomic mass is 10.1. The van der Waals surface area contributed by atoms with Gasteiger partial charge in [-0.05, 0) is 48.0 Å². The quantitative estimate of drug-likeness (QED) is 0.882. The Bertz CT molecular complexity index is 517. The van der Waals surface area contributed by atoms with Crippen LogP contribution in [-0.2, 0) is 4.79 Å². The molecular weight excluding hydrogens is 338 g/mol. The van der Waals surface area contributed by atoms with Crippen LogP contribution in [0, 0.1) is 0 Å². The van der Waals surface area contributed by atoms with Crippen LogP contribution in [0.5, 0.6) is 0 Å². The molecule has 6 nitrogen and oxygen atoms in total. The van der Waals surface area contributed by atoms with Gasteiger partial charge in [0, 0.05) is 26.2 Å². The van der Waals surface area contributed by atoms with Crippen LogP contribution in [0.4, 0.5) is 0 Å². The van der Waals surface area contributed by atoms with Crippen LogP contribution < -0.4 is 5.32 Å². The second-order valence-corrected chi connectivity index (χ2v) is 6.01. The number of hydrogen-bond donors (Lipinski definition) is 1. The first-order chi connectivity index (χ1) is 10.0. The third-order valence-electron chi connectivity index (χ3n) is 3.69. The van der Waals surface area contributed by atoms with E-state index in [1.165, 1.54) is 4.90 Å². The molecule has 2 heterocycles. The number of likely N-dealkylation sites (tertiary alicyclic amines) is 1. The molecule has 1 aromatic heterocycles. The summed E-state index contributed by atoms with van der Waals surface area (Å²) in [6.45, 7) is 1.52. The number of nitrogens with one attached hydrogen (secondary N) is 1. The summed E-state index contributed by atoms with van der Waals surface area (Å²) in [6, 6.07) is 3.58. The third-order valence-corrected chi connectivity index (χ3v) is 4.11. The zero-order valence-corrected chi connectivity index (χ0v) is 13.9. The summed E-state index contributed by atoms with van der Waals surface area (Å²) in [5.41, 5.74) is 0. The monoisotopic (exact) mass is 357 g/mol. The Labute approximate surface area is 132 Å². The van der Waals surface area contributed by atoms with E-state index in [9.17, 15) is 9.59 Å². The predicted octanol–water partition coefficient (Wildman–Crippen LogP) is 1.32. The van der Waals surface area contributed by atoms with Gasteiger partial charge in [-0.2, -0.15) is 0 Å². The molecule has 0 radical (unpaired) electrons. The molecule has 1 aromatic rings. The number of halogens is 1. The molecule has 1 saturated heterocycles. The van der Waals surface area contributed by atoms with Crippen LogP contribution in [0.25, 0.3) is 0 Å². The van der Waals surface area contributed by atoms with Gasteiger partial charge >= 0.3 is 0 Å². The molecule has 2 amide bonds. The highest BCUT2D eigenvalue weighted by molar-refractivity contribution is 9.10. The first-order valence-corrected chi connectivity index (χ1v) is 7.76. The summed E-state index contributed by atoms with van der Waals surface area (Å²) in [4.78, 5) is 27.6. The lowest BCUT2D eigenvalue weighted by Gasteiger charge is -2.33. The maximum atomic E-state index is 12.3. The molecule has 7 heteroatoms. The van der Waals surface area contributed by atoms with Crippen molar-refractivity contribution in [2.45, 2.75) is 18.9 Å². The van der Waals surface area contributed by atoms with Crippen molar-refractivity contribution in [3.63, 3.8) is 0 Å². The summed E-state index contributed by atoms with van der Waals surface area (Å²) >= 11 is 3.16. The molecule has 0 aromatic carbocycles. The van der Waals surface area contributed by atoms with Gasteiger partial charge in [-0.25, -0.2) is 0 Å². The predicted molar refractivity (Wildman–Crippen MR) is 82.0 cm³/mol. The zero-order chi connectivity index (χ0) is 15.4. The van der Waals surface area contributed by atoms with E-state index in [0.29, 0.717) is 17.3 Å². The number of carbonyl (C=O) groups is 2. The van der Waals surface area contributed by atoms with E-state index in [1.54, 1.807) is 19.2 Å². The van der Waals surface area contributed by atoms with Gasteiger partial charge in [-0.1, -0.05) is 0 Å². The molecule has 116 valence electrons. The molecule has 1 unspecified atom stereocenters. The Morgan fingerprint density at radius 3 is 2.90 bits per heavy atom. The molecule has 1 fully saturated rings. The second-order valence-electron chi connectivity index (χ2n) is 5.23. The first-order valence-electron chi connectivity index (χ1n) is 6.97. The van der Waals surface area contributed by atoms with Crippen molar-refractivity contribution < 1.29 is 14.0 Å². The van der Waals surface area contributed by atoms with Gasteiger partial charge in [0.2, 0.25) is 5.91 Å². The lowest BCUT2D eigenvalue weighted by Crippen LogP contribution is -2.50.